The van der Waals surface area contributed by atoms with Gasteiger partial charge in [-0.1, -0.05) is 177 Å². The van der Waals surface area contributed by atoms with Crippen molar-refractivity contribution in [1.29, 1.82) is 0 Å². The summed E-state index contributed by atoms with van der Waals surface area (Å²) in [7, 11) is 0. The van der Waals surface area contributed by atoms with Crippen LogP contribution in [0.4, 0.5) is 0 Å². The third-order valence-corrected chi connectivity index (χ3v) is 8.40. The van der Waals surface area contributed by atoms with Crippen LogP contribution in [-0.4, -0.2) is 47.6 Å². The fourth-order valence-electron chi connectivity index (χ4n) is 5.37. The van der Waals surface area contributed by atoms with Crippen molar-refractivity contribution < 1.29 is 29.3 Å². The smallest absolute Gasteiger partial charge is 0.306 e. The molecule has 0 aromatic heterocycles. The summed E-state index contributed by atoms with van der Waals surface area (Å²) in [6, 6.07) is 0. The number of carbonyl (C=O) groups excluding carboxylic acids is 2. The van der Waals surface area contributed by atoms with Crippen molar-refractivity contribution in [3.8, 4) is 0 Å². The summed E-state index contributed by atoms with van der Waals surface area (Å²) in [6.07, 6.45) is 46.3. The molecule has 0 aliphatic carbocycles. The van der Waals surface area contributed by atoms with Gasteiger partial charge in [0.1, 0.15) is 6.61 Å². The number of allylic oxidation sites excluding steroid dienone is 8. The van der Waals surface area contributed by atoms with Crippen LogP contribution in [0.15, 0.2) is 60.8 Å². The molecule has 49 heavy (non-hydrogen) atoms. The van der Waals surface area contributed by atoms with E-state index in [2.05, 4.69) is 37.3 Å². The Kier molecular flexibility index (Phi) is 36.5. The monoisotopic (exact) mass is 687 g/mol. The molecule has 0 heterocycles. The van der Waals surface area contributed by atoms with Crippen LogP contribution >= 0.6 is 0 Å². The van der Waals surface area contributed by atoms with E-state index in [4.69, 9.17) is 9.47 Å². The first-order chi connectivity index (χ1) is 24.0. The molecule has 1 unspecified atom stereocenters. The predicted octanol–water partition coefficient (Wildman–Crippen LogP) is 11.4. The molecule has 282 valence electrons. The Balaban J connectivity index is 3.68. The second kappa shape index (κ2) is 38.4. The topological polar surface area (TPSA) is 93.1 Å². The molecule has 0 aliphatic rings. The fraction of sp³-hybridized carbons (Fsp3) is 0.721. The number of unbranched alkanes of at least 4 members (excludes halogenated alkanes) is 17. The summed E-state index contributed by atoms with van der Waals surface area (Å²) < 4.78 is 10.5. The van der Waals surface area contributed by atoms with Gasteiger partial charge >= 0.3 is 11.9 Å². The Labute approximate surface area is 301 Å². The van der Waals surface area contributed by atoms with Gasteiger partial charge in [-0.25, -0.2) is 0 Å². The van der Waals surface area contributed by atoms with Crippen molar-refractivity contribution in [2.45, 2.75) is 187 Å². The van der Waals surface area contributed by atoms with Gasteiger partial charge in [0, 0.05) is 12.8 Å². The fourth-order valence-corrected chi connectivity index (χ4v) is 5.37. The Morgan fingerprint density at radius 3 is 1.67 bits per heavy atom. The maximum atomic E-state index is 12.2. The van der Waals surface area contributed by atoms with Crippen LogP contribution in [0.25, 0.3) is 0 Å². The first-order valence-electron chi connectivity index (χ1n) is 20.0. The van der Waals surface area contributed by atoms with E-state index in [-0.39, 0.29) is 31.6 Å². The number of esters is 2. The van der Waals surface area contributed by atoms with E-state index in [1.165, 1.54) is 89.9 Å². The third kappa shape index (κ3) is 36.7. The number of aliphatic hydroxyl groups excluding tert-OH is 2. The van der Waals surface area contributed by atoms with Crippen LogP contribution in [0.3, 0.4) is 0 Å². The predicted molar refractivity (Wildman–Crippen MR) is 206 cm³/mol. The average molecular weight is 687 g/mol. The van der Waals surface area contributed by atoms with Crippen molar-refractivity contribution in [1.82, 2.24) is 0 Å². The van der Waals surface area contributed by atoms with Gasteiger partial charge in [-0.3, -0.25) is 9.59 Å². The standard InChI is InChI=1S/C43H74O6/c1-3-5-7-8-9-10-11-12-13-14-15-16-21-24-27-30-33-37-43(47)49-41(38-44)39-48-42(46)36-32-29-26-23-20-18-17-19-22-25-28-31-35-40(45)34-6-4-2/h6,17-18,22-23,25-26,28,31,34,40-41,44-45H,3-5,7-16,19-21,24,27,29-30,32-33,35-39H2,1-2H3/b18-17-,25-22-,26-23-,31-28+,34-6-/t40?,41-/m0/s1. The summed E-state index contributed by atoms with van der Waals surface area (Å²) in [6.45, 7) is 3.85. The van der Waals surface area contributed by atoms with Crippen LogP contribution < -0.4 is 0 Å². The molecule has 0 fully saturated rings. The second-order valence-electron chi connectivity index (χ2n) is 13.2. The second-order valence-corrected chi connectivity index (χ2v) is 13.2. The Morgan fingerprint density at radius 2 is 1.10 bits per heavy atom. The van der Waals surface area contributed by atoms with Crippen LogP contribution in [-0.2, 0) is 19.1 Å². The molecule has 0 aromatic carbocycles. The quantitative estimate of drug-likeness (QED) is 0.0298. The highest BCUT2D eigenvalue weighted by atomic mass is 16.6. The summed E-state index contributed by atoms with van der Waals surface area (Å²) in [5.74, 6) is -0.682. The van der Waals surface area contributed by atoms with E-state index in [9.17, 15) is 19.8 Å². The number of hydrogen-bond acceptors (Lipinski definition) is 6. The largest absolute Gasteiger partial charge is 0.462 e. The molecule has 0 aliphatic heterocycles. The van der Waals surface area contributed by atoms with Crippen molar-refractivity contribution in [3.05, 3.63) is 60.8 Å². The van der Waals surface area contributed by atoms with Gasteiger partial charge in [-0.05, 0) is 44.9 Å². The number of rotatable bonds is 35. The normalized spacial score (nSPS) is 13.5. The summed E-state index contributed by atoms with van der Waals surface area (Å²) in [5.41, 5.74) is 0. The third-order valence-electron chi connectivity index (χ3n) is 8.40. The molecular formula is C43H74O6. The van der Waals surface area contributed by atoms with Gasteiger partial charge < -0.3 is 19.7 Å². The molecule has 6 heteroatoms. The maximum absolute atomic E-state index is 12.2. The van der Waals surface area contributed by atoms with E-state index in [0.717, 1.165) is 44.9 Å². The molecule has 0 aromatic rings. The maximum Gasteiger partial charge on any atom is 0.306 e. The number of carbonyl (C=O) groups is 2. The van der Waals surface area contributed by atoms with E-state index in [1.807, 2.05) is 37.3 Å². The van der Waals surface area contributed by atoms with E-state index in [0.29, 0.717) is 19.3 Å². The molecule has 0 radical (unpaired) electrons. The lowest BCUT2D eigenvalue weighted by Crippen LogP contribution is -2.28. The van der Waals surface area contributed by atoms with Gasteiger partial charge in [0.25, 0.3) is 0 Å². The first kappa shape index (κ1) is 46.6. The summed E-state index contributed by atoms with van der Waals surface area (Å²) >= 11 is 0. The highest BCUT2D eigenvalue weighted by molar-refractivity contribution is 5.70. The van der Waals surface area contributed by atoms with Crippen molar-refractivity contribution in [2.75, 3.05) is 13.2 Å². The molecule has 0 bridgehead atoms. The lowest BCUT2D eigenvalue weighted by Gasteiger charge is -2.15. The first-order valence-corrected chi connectivity index (χ1v) is 20.0. The summed E-state index contributed by atoms with van der Waals surface area (Å²) in [4.78, 5) is 24.2. The molecule has 0 spiro atoms. The lowest BCUT2D eigenvalue weighted by molar-refractivity contribution is -0.161. The number of aliphatic hydroxyl groups is 2. The highest BCUT2D eigenvalue weighted by Gasteiger charge is 2.16. The SMILES string of the molecule is CC/C=C\C(O)C/C=C/C=C\C/C=C\C/C=C\CCCC(=O)OC[C@H](CO)OC(=O)CCCCCCCCCCCCCCCCCCC. The zero-order chi connectivity index (χ0) is 35.9. The van der Waals surface area contributed by atoms with Gasteiger partial charge in [0.05, 0.1) is 12.7 Å². The van der Waals surface area contributed by atoms with Crippen molar-refractivity contribution in [3.63, 3.8) is 0 Å². The van der Waals surface area contributed by atoms with Crippen LogP contribution in [0.1, 0.15) is 174 Å². The average Bonchev–Trinajstić information content (AvgIpc) is 3.10. The van der Waals surface area contributed by atoms with Gasteiger partial charge in [-0.15, -0.1) is 0 Å². The zero-order valence-corrected chi connectivity index (χ0v) is 31.5. The highest BCUT2D eigenvalue weighted by Crippen LogP contribution is 2.15. The lowest BCUT2D eigenvalue weighted by atomic mass is 10.0. The van der Waals surface area contributed by atoms with Crippen LogP contribution in [0.5, 0.6) is 0 Å². The zero-order valence-electron chi connectivity index (χ0n) is 31.5. The number of hydrogen-bond donors (Lipinski definition) is 2. The van der Waals surface area contributed by atoms with Gasteiger partial charge in [-0.2, -0.15) is 0 Å². The van der Waals surface area contributed by atoms with E-state index in [1.54, 1.807) is 0 Å². The van der Waals surface area contributed by atoms with E-state index >= 15 is 0 Å². The summed E-state index contributed by atoms with van der Waals surface area (Å²) in [5, 5.41) is 19.3. The van der Waals surface area contributed by atoms with Crippen molar-refractivity contribution >= 4 is 11.9 Å². The number of ether oxygens (including phenoxy) is 2. The van der Waals surface area contributed by atoms with Gasteiger partial charge in [0.2, 0.25) is 0 Å². The molecule has 2 atom stereocenters. The molecule has 0 saturated carbocycles. The molecule has 2 N–H and O–H groups in total. The minimum Gasteiger partial charge on any atom is -0.462 e. The van der Waals surface area contributed by atoms with Crippen LogP contribution in [0, 0.1) is 0 Å². The Bertz CT molecular complexity index is 887. The molecule has 0 saturated heterocycles. The minimum atomic E-state index is -0.805. The van der Waals surface area contributed by atoms with Gasteiger partial charge in [0.15, 0.2) is 6.10 Å². The van der Waals surface area contributed by atoms with Crippen LogP contribution in [0.2, 0.25) is 0 Å². The Hall–Kier alpha value is -2.44. The molecular weight excluding hydrogens is 612 g/mol. The Morgan fingerprint density at radius 1 is 0.592 bits per heavy atom. The van der Waals surface area contributed by atoms with Crippen molar-refractivity contribution in [2.24, 2.45) is 0 Å². The molecule has 0 amide bonds. The minimum absolute atomic E-state index is 0.108. The van der Waals surface area contributed by atoms with E-state index < -0.39 is 12.2 Å². The molecule has 0 rings (SSSR count). The molecule has 6 nitrogen and oxygen atoms in total.